The summed E-state index contributed by atoms with van der Waals surface area (Å²) in [5.41, 5.74) is -0.241. The van der Waals surface area contributed by atoms with E-state index >= 15 is 0 Å². The second-order valence-corrected chi connectivity index (χ2v) is 5.89. The molecule has 0 unspecified atom stereocenters. The molecule has 8 nitrogen and oxygen atoms in total. The summed E-state index contributed by atoms with van der Waals surface area (Å²) < 4.78 is 4.68. The van der Waals surface area contributed by atoms with Crippen LogP contribution in [0.2, 0.25) is 0 Å². The molecule has 0 aromatic carbocycles. The largest absolute Gasteiger partial charge is 0.469 e. The number of hydrogen-bond donors (Lipinski definition) is 1. The third kappa shape index (κ3) is 3.60. The monoisotopic (exact) mass is 312 g/mol. The number of carbonyl (C=O) groups excluding carboxylic acids is 1. The Labute approximate surface area is 125 Å². The minimum absolute atomic E-state index is 0.115. The van der Waals surface area contributed by atoms with Gasteiger partial charge in [0.25, 0.3) is 0 Å². The summed E-state index contributed by atoms with van der Waals surface area (Å²) in [6.07, 6.45) is 3.48. The fourth-order valence-electron chi connectivity index (χ4n) is 1.96. The molecule has 0 bridgehead atoms. The van der Waals surface area contributed by atoms with Crippen molar-refractivity contribution in [2.45, 2.75) is 24.3 Å². The quantitative estimate of drug-likeness (QED) is 0.267. The molecule has 21 heavy (non-hydrogen) atoms. The van der Waals surface area contributed by atoms with Crippen LogP contribution in [0, 0.1) is 15.5 Å². The maximum atomic E-state index is 11.4. The number of carbonyl (C=O) groups is 1. The smallest absolute Gasteiger partial charge is 0.343 e. The van der Waals surface area contributed by atoms with Crippen molar-refractivity contribution in [2.24, 2.45) is 5.41 Å². The van der Waals surface area contributed by atoms with Crippen LogP contribution < -0.4 is 5.32 Å². The molecule has 9 heteroatoms. The average molecular weight is 312 g/mol. The first kappa shape index (κ1) is 15.5. The van der Waals surface area contributed by atoms with E-state index in [1.54, 1.807) is 7.05 Å². The molecule has 0 radical (unpaired) electrons. The van der Waals surface area contributed by atoms with Crippen LogP contribution in [-0.2, 0) is 9.53 Å². The molecule has 0 atom stereocenters. The highest BCUT2D eigenvalue weighted by atomic mass is 32.2. The summed E-state index contributed by atoms with van der Waals surface area (Å²) in [4.78, 5) is 29.9. The Bertz CT molecular complexity index is 562. The van der Waals surface area contributed by atoms with Gasteiger partial charge in [0.15, 0.2) is 5.03 Å². The standard InChI is InChI=1S/C12H16N4O4S/c1-13-10-9(16(18)19)11(15-7-14-10)21-6-12(3-4-12)5-8(17)20-2/h7H,3-6H2,1-2H3,(H,13,14,15). The fraction of sp³-hybridized carbons (Fsp3) is 0.583. The van der Waals surface area contributed by atoms with Crippen LogP contribution in [0.1, 0.15) is 19.3 Å². The zero-order chi connectivity index (χ0) is 15.5. The molecule has 1 aliphatic carbocycles. The molecule has 1 aliphatic rings. The second-order valence-electron chi connectivity index (χ2n) is 4.92. The lowest BCUT2D eigenvalue weighted by atomic mass is 10.1. The molecule has 0 aliphatic heterocycles. The van der Waals surface area contributed by atoms with Gasteiger partial charge < -0.3 is 10.1 Å². The molecule has 114 valence electrons. The number of methoxy groups -OCH3 is 1. The van der Waals surface area contributed by atoms with Crippen molar-refractivity contribution in [2.75, 3.05) is 25.2 Å². The Hall–Kier alpha value is -1.90. The summed E-state index contributed by atoms with van der Waals surface area (Å²) in [7, 11) is 2.93. The summed E-state index contributed by atoms with van der Waals surface area (Å²) in [5, 5.41) is 14.2. The van der Waals surface area contributed by atoms with E-state index in [-0.39, 0.29) is 22.9 Å². The number of esters is 1. The minimum Gasteiger partial charge on any atom is -0.469 e. The van der Waals surface area contributed by atoms with Crippen LogP contribution in [0.5, 0.6) is 0 Å². The Morgan fingerprint density at radius 3 is 2.81 bits per heavy atom. The predicted octanol–water partition coefficient (Wildman–Crippen LogP) is 1.86. The number of nitro groups is 1. The summed E-state index contributed by atoms with van der Waals surface area (Å²) in [6, 6.07) is 0. The van der Waals surface area contributed by atoms with Crippen molar-refractivity contribution >= 4 is 29.2 Å². The van der Waals surface area contributed by atoms with Gasteiger partial charge in [0.2, 0.25) is 5.82 Å². The van der Waals surface area contributed by atoms with Gasteiger partial charge >= 0.3 is 11.7 Å². The van der Waals surface area contributed by atoms with Gasteiger partial charge in [-0.25, -0.2) is 9.97 Å². The van der Waals surface area contributed by atoms with Crippen LogP contribution in [0.15, 0.2) is 11.4 Å². The van der Waals surface area contributed by atoms with Gasteiger partial charge in [-0.15, -0.1) is 0 Å². The zero-order valence-electron chi connectivity index (χ0n) is 11.8. The van der Waals surface area contributed by atoms with Gasteiger partial charge in [-0.1, -0.05) is 11.8 Å². The minimum atomic E-state index is -0.492. The van der Waals surface area contributed by atoms with Gasteiger partial charge in [0, 0.05) is 12.8 Å². The summed E-state index contributed by atoms with van der Waals surface area (Å²) in [5.74, 6) is 0.542. The van der Waals surface area contributed by atoms with Gasteiger partial charge in [0.05, 0.1) is 18.5 Å². The lowest BCUT2D eigenvalue weighted by Gasteiger charge is -2.13. The Morgan fingerprint density at radius 2 is 2.29 bits per heavy atom. The first-order valence-electron chi connectivity index (χ1n) is 6.38. The van der Waals surface area contributed by atoms with Crippen LogP contribution in [-0.4, -0.2) is 40.8 Å². The van der Waals surface area contributed by atoms with Gasteiger partial charge in [-0.3, -0.25) is 14.9 Å². The van der Waals surface area contributed by atoms with Crippen LogP contribution in [0.25, 0.3) is 0 Å². The highest BCUT2D eigenvalue weighted by molar-refractivity contribution is 7.99. The van der Waals surface area contributed by atoms with Crippen molar-refractivity contribution in [3.05, 3.63) is 16.4 Å². The maximum Gasteiger partial charge on any atom is 0.343 e. The molecular formula is C12H16N4O4S. The molecule has 1 N–H and O–H groups in total. The van der Waals surface area contributed by atoms with E-state index in [4.69, 9.17) is 0 Å². The van der Waals surface area contributed by atoms with Crippen molar-refractivity contribution in [1.29, 1.82) is 0 Å². The third-order valence-electron chi connectivity index (χ3n) is 3.43. The predicted molar refractivity (Wildman–Crippen MR) is 77.3 cm³/mol. The molecule has 1 saturated carbocycles. The number of thioether (sulfide) groups is 1. The zero-order valence-corrected chi connectivity index (χ0v) is 12.6. The molecule has 1 heterocycles. The number of aromatic nitrogens is 2. The first-order valence-corrected chi connectivity index (χ1v) is 7.37. The number of anilines is 1. The van der Waals surface area contributed by atoms with E-state index in [9.17, 15) is 14.9 Å². The summed E-state index contributed by atoms with van der Waals surface area (Å²) >= 11 is 1.29. The number of ether oxygens (including phenoxy) is 1. The van der Waals surface area contributed by atoms with E-state index in [0.717, 1.165) is 12.8 Å². The normalized spacial score (nSPS) is 15.3. The molecule has 1 fully saturated rings. The van der Waals surface area contributed by atoms with E-state index in [1.807, 2.05) is 0 Å². The summed E-state index contributed by atoms with van der Waals surface area (Å²) in [6.45, 7) is 0. The van der Waals surface area contributed by atoms with Crippen molar-refractivity contribution in [1.82, 2.24) is 9.97 Å². The van der Waals surface area contributed by atoms with E-state index in [2.05, 4.69) is 20.0 Å². The van der Waals surface area contributed by atoms with Gasteiger partial charge in [-0.05, 0) is 18.3 Å². The van der Waals surface area contributed by atoms with Crippen molar-refractivity contribution < 1.29 is 14.5 Å². The molecule has 2 rings (SSSR count). The molecule has 1 aromatic heterocycles. The third-order valence-corrected chi connectivity index (χ3v) is 4.76. The topological polar surface area (TPSA) is 107 Å². The average Bonchev–Trinajstić information content (AvgIpc) is 3.24. The maximum absolute atomic E-state index is 11.4. The number of hydrogen-bond acceptors (Lipinski definition) is 8. The molecule has 0 saturated heterocycles. The fourth-order valence-corrected chi connectivity index (χ4v) is 3.23. The highest BCUT2D eigenvalue weighted by Crippen LogP contribution is 2.52. The molecular weight excluding hydrogens is 296 g/mol. The Morgan fingerprint density at radius 1 is 1.57 bits per heavy atom. The Kier molecular flexibility index (Phi) is 4.61. The van der Waals surface area contributed by atoms with Crippen LogP contribution in [0.3, 0.4) is 0 Å². The second kappa shape index (κ2) is 6.25. The van der Waals surface area contributed by atoms with Crippen LogP contribution >= 0.6 is 11.8 Å². The first-order chi connectivity index (χ1) is 10.0. The van der Waals surface area contributed by atoms with E-state index < -0.39 is 4.92 Å². The number of rotatable bonds is 7. The lowest BCUT2D eigenvalue weighted by Crippen LogP contribution is -2.13. The van der Waals surface area contributed by atoms with E-state index in [0.29, 0.717) is 17.2 Å². The SMILES string of the molecule is CNc1ncnc(SCC2(CC(=O)OC)CC2)c1[N+](=O)[O-]. The van der Waals surface area contributed by atoms with Crippen molar-refractivity contribution in [3.8, 4) is 0 Å². The highest BCUT2D eigenvalue weighted by Gasteiger charge is 2.45. The van der Waals surface area contributed by atoms with Gasteiger partial charge in [0.1, 0.15) is 6.33 Å². The van der Waals surface area contributed by atoms with Gasteiger partial charge in [-0.2, -0.15) is 0 Å². The lowest BCUT2D eigenvalue weighted by molar-refractivity contribution is -0.387. The number of nitrogens with zero attached hydrogens (tertiary/aromatic N) is 3. The molecule has 0 spiro atoms. The Balaban J connectivity index is 2.10. The molecule has 0 amide bonds. The molecule has 1 aromatic rings. The van der Waals surface area contributed by atoms with E-state index in [1.165, 1.54) is 25.2 Å². The number of nitrogens with one attached hydrogen (secondary N) is 1. The van der Waals surface area contributed by atoms with Crippen molar-refractivity contribution in [3.63, 3.8) is 0 Å². The van der Waals surface area contributed by atoms with Crippen LogP contribution in [0.4, 0.5) is 11.5 Å².